The molecule has 12 heavy (non-hydrogen) atoms. The number of fused-ring (bicyclic) bond motifs is 2. The number of hydrogen-bond acceptors (Lipinski definition) is 2. The predicted molar refractivity (Wildman–Crippen MR) is 43.5 cm³/mol. The molecular weight excluding hydrogens is 154 g/mol. The Labute approximate surface area is 72.3 Å². The highest BCUT2D eigenvalue weighted by molar-refractivity contribution is 5.81. The van der Waals surface area contributed by atoms with Crippen molar-refractivity contribution in [1.29, 1.82) is 0 Å². The van der Waals surface area contributed by atoms with Gasteiger partial charge in [0.25, 0.3) is 0 Å². The van der Waals surface area contributed by atoms with E-state index in [4.69, 9.17) is 4.74 Å². The second-order valence-corrected chi connectivity index (χ2v) is 4.38. The van der Waals surface area contributed by atoms with Gasteiger partial charge in [0.15, 0.2) is 0 Å². The van der Waals surface area contributed by atoms with Crippen molar-refractivity contribution < 1.29 is 15.3 Å². The molecule has 2 bridgehead atoms. The first-order valence-corrected chi connectivity index (χ1v) is 4.59. The summed E-state index contributed by atoms with van der Waals surface area (Å²) in [5, 5.41) is 0. The monoisotopic (exact) mass is 170 g/mol. The fourth-order valence-electron chi connectivity index (χ4n) is 2.47. The second-order valence-electron chi connectivity index (χ2n) is 4.38. The van der Waals surface area contributed by atoms with Gasteiger partial charge in [-0.3, -0.25) is 4.79 Å². The summed E-state index contributed by atoms with van der Waals surface area (Å²) >= 11 is 0. The summed E-state index contributed by atoms with van der Waals surface area (Å²) in [5.74, 6) is 0.352. The Hall–Kier alpha value is -0.410. The van der Waals surface area contributed by atoms with Gasteiger partial charge >= 0.3 is 0 Å². The third kappa shape index (κ3) is 1.08. The van der Waals surface area contributed by atoms with E-state index in [-0.39, 0.29) is 11.2 Å². The maximum atomic E-state index is 11.4. The van der Waals surface area contributed by atoms with Crippen LogP contribution in [0.5, 0.6) is 0 Å². The van der Waals surface area contributed by atoms with Crippen LogP contribution in [0.3, 0.4) is 0 Å². The van der Waals surface area contributed by atoms with E-state index >= 15 is 0 Å². The predicted octanol–water partition coefficient (Wildman–Crippen LogP) is -0.101. The molecule has 2 heterocycles. The van der Waals surface area contributed by atoms with Gasteiger partial charge in [0, 0.05) is 12.8 Å². The van der Waals surface area contributed by atoms with Crippen molar-refractivity contribution in [2.45, 2.75) is 43.8 Å². The number of hydrogen-bond donors (Lipinski definition) is 1. The Balaban J connectivity index is 2.26. The van der Waals surface area contributed by atoms with Crippen LogP contribution in [0.15, 0.2) is 0 Å². The van der Waals surface area contributed by atoms with E-state index in [2.05, 4.69) is 5.73 Å². The lowest BCUT2D eigenvalue weighted by Crippen LogP contribution is -2.63. The molecular formula is C9H16NO2+. The molecule has 2 aliphatic heterocycles. The van der Waals surface area contributed by atoms with Crippen LogP contribution in [0, 0.1) is 0 Å². The highest BCUT2D eigenvalue weighted by atomic mass is 16.5. The molecule has 0 unspecified atom stereocenters. The summed E-state index contributed by atoms with van der Waals surface area (Å²) in [4.78, 5) is 11.4. The second kappa shape index (κ2) is 2.30. The molecule has 2 aliphatic rings. The average Bonchev–Trinajstić information content (AvgIpc) is 2.23. The van der Waals surface area contributed by atoms with Crippen molar-refractivity contribution in [2.75, 3.05) is 6.54 Å². The van der Waals surface area contributed by atoms with Gasteiger partial charge in [0.1, 0.15) is 17.9 Å². The molecule has 0 amide bonds. The number of carbonyl (C=O) groups excluding carboxylic acids is 1. The van der Waals surface area contributed by atoms with Gasteiger partial charge in [-0.2, -0.15) is 0 Å². The highest BCUT2D eigenvalue weighted by Gasteiger charge is 2.53. The lowest BCUT2D eigenvalue weighted by Gasteiger charge is -2.35. The highest BCUT2D eigenvalue weighted by Crippen LogP contribution is 2.45. The Morgan fingerprint density at radius 1 is 1.50 bits per heavy atom. The van der Waals surface area contributed by atoms with Crippen LogP contribution in [0.2, 0.25) is 0 Å². The molecule has 0 saturated carbocycles. The first kappa shape index (κ1) is 8.20. The van der Waals surface area contributed by atoms with Crippen LogP contribution in [-0.2, 0) is 9.53 Å². The lowest BCUT2D eigenvalue weighted by molar-refractivity contribution is -0.405. The Bertz CT molecular complexity index is 229. The van der Waals surface area contributed by atoms with Gasteiger partial charge in [0.05, 0.1) is 5.60 Å². The third-order valence-electron chi connectivity index (χ3n) is 3.12. The molecule has 0 radical (unpaired) electrons. The van der Waals surface area contributed by atoms with E-state index in [0.29, 0.717) is 18.6 Å². The average molecular weight is 170 g/mol. The zero-order chi connectivity index (χ0) is 8.82. The van der Waals surface area contributed by atoms with Crippen LogP contribution in [0.1, 0.15) is 32.6 Å². The van der Waals surface area contributed by atoms with Gasteiger partial charge in [0.2, 0.25) is 0 Å². The Morgan fingerprint density at radius 3 is 2.92 bits per heavy atom. The summed E-state index contributed by atoms with van der Waals surface area (Å²) in [5.41, 5.74) is 3.52. The molecule has 3 heteroatoms. The van der Waals surface area contributed by atoms with E-state index in [1.165, 1.54) is 0 Å². The van der Waals surface area contributed by atoms with Crippen LogP contribution in [0.4, 0.5) is 0 Å². The number of quaternary nitrogens is 1. The fraction of sp³-hybridized carbons (Fsp3) is 0.889. The van der Waals surface area contributed by atoms with Gasteiger partial charge in [-0.1, -0.05) is 0 Å². The molecule has 0 aromatic rings. The maximum Gasteiger partial charge on any atom is 0.138 e. The van der Waals surface area contributed by atoms with E-state index in [9.17, 15) is 4.79 Å². The largest absolute Gasteiger partial charge is 0.362 e. The maximum absolute atomic E-state index is 11.4. The fourth-order valence-corrected chi connectivity index (χ4v) is 2.47. The van der Waals surface area contributed by atoms with Crippen molar-refractivity contribution in [2.24, 2.45) is 0 Å². The van der Waals surface area contributed by atoms with E-state index in [1.807, 2.05) is 6.92 Å². The SMILES string of the molecule is C[C@]12CC[C@](C[NH3+])(CC(=O)C1)O2. The molecule has 2 atom stereocenters. The normalized spacial score (nSPS) is 46.7. The topological polar surface area (TPSA) is 53.9 Å². The van der Waals surface area contributed by atoms with Crippen LogP contribution in [0.25, 0.3) is 0 Å². The molecule has 3 nitrogen and oxygen atoms in total. The number of carbonyl (C=O) groups is 1. The van der Waals surface area contributed by atoms with Crippen molar-refractivity contribution in [3.05, 3.63) is 0 Å². The number of ketones is 1. The minimum atomic E-state index is -0.190. The van der Waals surface area contributed by atoms with Crippen molar-refractivity contribution in [3.63, 3.8) is 0 Å². The van der Waals surface area contributed by atoms with Crippen molar-refractivity contribution in [3.8, 4) is 0 Å². The van der Waals surface area contributed by atoms with Crippen molar-refractivity contribution >= 4 is 5.78 Å². The van der Waals surface area contributed by atoms with Crippen LogP contribution >= 0.6 is 0 Å². The molecule has 0 aromatic heterocycles. The number of Topliss-reactive ketones (excluding diaryl/α,β-unsaturated/α-hetero) is 1. The van der Waals surface area contributed by atoms with Gasteiger partial charge < -0.3 is 10.5 Å². The van der Waals surface area contributed by atoms with E-state index < -0.39 is 0 Å². The first-order chi connectivity index (χ1) is 5.58. The minimum absolute atomic E-state index is 0.160. The molecule has 68 valence electrons. The summed E-state index contributed by atoms with van der Waals surface area (Å²) in [6.45, 7) is 2.77. The smallest absolute Gasteiger partial charge is 0.138 e. The summed E-state index contributed by atoms with van der Waals surface area (Å²) < 4.78 is 5.91. The lowest BCUT2D eigenvalue weighted by atomic mass is 9.93. The first-order valence-electron chi connectivity index (χ1n) is 4.59. The molecule has 0 aromatic carbocycles. The van der Waals surface area contributed by atoms with Gasteiger partial charge in [-0.15, -0.1) is 0 Å². The van der Waals surface area contributed by atoms with Crippen LogP contribution < -0.4 is 5.73 Å². The number of rotatable bonds is 1. The number of ether oxygens (including phenoxy) is 1. The minimum Gasteiger partial charge on any atom is -0.362 e. The molecule has 2 saturated heterocycles. The summed E-state index contributed by atoms with van der Waals surface area (Å²) in [7, 11) is 0. The summed E-state index contributed by atoms with van der Waals surface area (Å²) in [6, 6.07) is 0. The molecule has 3 N–H and O–H groups in total. The molecule has 2 fully saturated rings. The Morgan fingerprint density at radius 2 is 2.25 bits per heavy atom. The van der Waals surface area contributed by atoms with Crippen LogP contribution in [-0.4, -0.2) is 23.5 Å². The quantitative estimate of drug-likeness (QED) is 0.597. The summed E-state index contributed by atoms with van der Waals surface area (Å²) in [6.07, 6.45) is 3.23. The molecule has 2 rings (SSSR count). The zero-order valence-electron chi connectivity index (χ0n) is 7.56. The Kier molecular flexibility index (Phi) is 1.57. The standard InChI is InChI=1S/C9H15NO2/c1-8-2-3-9(6-10,12-8)5-7(11)4-8/h2-6,10H2,1H3/p+1/t8-,9+/m0/s1. The van der Waals surface area contributed by atoms with Gasteiger partial charge in [-0.05, 0) is 19.8 Å². The van der Waals surface area contributed by atoms with Crippen molar-refractivity contribution in [1.82, 2.24) is 0 Å². The molecule has 0 aliphatic carbocycles. The van der Waals surface area contributed by atoms with E-state index in [0.717, 1.165) is 19.4 Å². The zero-order valence-corrected chi connectivity index (χ0v) is 7.56. The molecule has 0 spiro atoms. The third-order valence-corrected chi connectivity index (χ3v) is 3.12. The van der Waals surface area contributed by atoms with E-state index in [1.54, 1.807) is 0 Å². The van der Waals surface area contributed by atoms with Gasteiger partial charge in [-0.25, -0.2) is 0 Å².